The van der Waals surface area contributed by atoms with Gasteiger partial charge in [0.25, 0.3) is 0 Å². The van der Waals surface area contributed by atoms with Gasteiger partial charge in [0.15, 0.2) is 10.0 Å². The highest BCUT2D eigenvalue weighted by Crippen LogP contribution is 2.38. The molecule has 0 atom stereocenters. The number of aromatic nitrogens is 4. The highest BCUT2D eigenvalue weighted by atomic mass is 32.3. The summed E-state index contributed by atoms with van der Waals surface area (Å²) in [6.07, 6.45) is 0. The Morgan fingerprint density at radius 3 is 2.33 bits per heavy atom. The molecule has 10 nitrogen and oxygen atoms in total. The number of hydrogen-bond acceptors (Lipinski definition) is 10. The number of fused-ring (bicyclic) bond motifs is 1. The van der Waals surface area contributed by atoms with Gasteiger partial charge in [-0.2, -0.15) is 13.5 Å². The van der Waals surface area contributed by atoms with Crippen LogP contribution in [0.25, 0.3) is 32.6 Å². The summed E-state index contributed by atoms with van der Waals surface area (Å²) in [6.45, 7) is 14.9. The van der Waals surface area contributed by atoms with Crippen molar-refractivity contribution in [3.8, 4) is 21.7 Å². The monoisotopic (exact) mass is 679 g/mol. The van der Waals surface area contributed by atoms with Crippen molar-refractivity contribution in [2.45, 2.75) is 65.8 Å². The van der Waals surface area contributed by atoms with Crippen LogP contribution in [0.2, 0.25) is 0 Å². The molecule has 0 aliphatic carbocycles. The van der Waals surface area contributed by atoms with Crippen LogP contribution < -0.4 is 5.73 Å². The first-order valence-electron chi connectivity index (χ1n) is 14.6. The number of anilines is 1. The van der Waals surface area contributed by atoms with E-state index < -0.39 is 10.1 Å². The SMILES string of the molecule is CCOCc1cc(Cn2nc(-c3ccc(C)s3)c3c(C)nc(C)cc32)ccc1-c1cc(C)sc1S(=O)(=O)O.Cc1onc(N)c1C. The summed E-state index contributed by atoms with van der Waals surface area (Å²) in [6, 6.07) is 14.0. The lowest BCUT2D eigenvalue weighted by Crippen LogP contribution is -2.05. The molecule has 0 spiro atoms. The second-order valence-corrected chi connectivity index (χ2v) is 15.2. The molecule has 0 unspecified atom stereocenters. The molecule has 0 fully saturated rings. The van der Waals surface area contributed by atoms with Gasteiger partial charge in [0.05, 0.1) is 28.9 Å². The number of ether oxygens (including phenoxy) is 1. The van der Waals surface area contributed by atoms with Crippen LogP contribution in [0.1, 0.15) is 50.5 Å². The summed E-state index contributed by atoms with van der Waals surface area (Å²) >= 11 is 2.78. The maximum absolute atomic E-state index is 12.1. The smallest absolute Gasteiger partial charge is 0.304 e. The summed E-state index contributed by atoms with van der Waals surface area (Å²) < 4.78 is 46.5. The molecule has 6 aromatic rings. The zero-order chi connectivity index (χ0) is 33.3. The Morgan fingerprint density at radius 1 is 0.978 bits per heavy atom. The number of nitrogens with two attached hydrogens (primary N) is 1. The fourth-order valence-electron chi connectivity index (χ4n) is 5.20. The number of benzene rings is 1. The minimum atomic E-state index is -4.35. The molecular formula is C33H37N5O5S3. The molecule has 46 heavy (non-hydrogen) atoms. The first kappa shape index (κ1) is 33.5. The van der Waals surface area contributed by atoms with Crippen LogP contribution in [-0.4, -0.2) is 39.5 Å². The van der Waals surface area contributed by atoms with Gasteiger partial charge in [-0.25, -0.2) is 0 Å². The minimum Gasteiger partial charge on any atom is -0.381 e. The minimum absolute atomic E-state index is 0.0482. The van der Waals surface area contributed by atoms with E-state index in [1.54, 1.807) is 17.4 Å². The van der Waals surface area contributed by atoms with Crippen molar-refractivity contribution in [3.63, 3.8) is 0 Å². The van der Waals surface area contributed by atoms with Crippen molar-refractivity contribution >= 4 is 49.5 Å². The molecule has 0 amide bonds. The Balaban J connectivity index is 0.000000455. The van der Waals surface area contributed by atoms with Gasteiger partial charge >= 0.3 is 10.1 Å². The lowest BCUT2D eigenvalue weighted by atomic mass is 9.99. The van der Waals surface area contributed by atoms with Gasteiger partial charge < -0.3 is 15.0 Å². The molecule has 0 aliphatic rings. The number of nitrogen functional groups attached to an aromatic ring is 1. The zero-order valence-corrected chi connectivity index (χ0v) is 29.3. The van der Waals surface area contributed by atoms with Gasteiger partial charge in [-0.05, 0) is 89.4 Å². The average molecular weight is 680 g/mol. The Hall–Kier alpha value is -3.88. The van der Waals surface area contributed by atoms with Crippen LogP contribution >= 0.6 is 22.7 Å². The van der Waals surface area contributed by atoms with Crippen molar-refractivity contribution in [2.24, 2.45) is 0 Å². The van der Waals surface area contributed by atoms with E-state index in [1.807, 2.05) is 64.4 Å². The van der Waals surface area contributed by atoms with E-state index >= 15 is 0 Å². The number of rotatable bonds is 8. The number of hydrogen-bond donors (Lipinski definition) is 2. The third kappa shape index (κ3) is 7.08. The summed E-state index contributed by atoms with van der Waals surface area (Å²) in [5.41, 5.74) is 13.2. The number of pyridine rings is 1. The maximum Gasteiger partial charge on any atom is 0.304 e. The van der Waals surface area contributed by atoms with Crippen molar-refractivity contribution in [2.75, 3.05) is 12.3 Å². The van der Waals surface area contributed by atoms with E-state index in [-0.39, 0.29) is 4.21 Å². The predicted molar refractivity (Wildman–Crippen MR) is 184 cm³/mol. The van der Waals surface area contributed by atoms with E-state index in [9.17, 15) is 13.0 Å². The summed E-state index contributed by atoms with van der Waals surface area (Å²) in [4.78, 5) is 7.84. The normalized spacial score (nSPS) is 11.7. The first-order chi connectivity index (χ1) is 21.8. The molecule has 3 N–H and O–H groups in total. The average Bonchev–Trinajstić information content (AvgIpc) is 3.76. The maximum atomic E-state index is 12.1. The molecule has 6 rings (SSSR count). The second kappa shape index (κ2) is 13.5. The molecule has 0 bridgehead atoms. The van der Waals surface area contributed by atoms with Gasteiger partial charge in [-0.3, -0.25) is 14.2 Å². The molecular weight excluding hydrogens is 643 g/mol. The van der Waals surface area contributed by atoms with E-state index in [0.29, 0.717) is 31.1 Å². The van der Waals surface area contributed by atoms with Gasteiger partial charge in [0, 0.05) is 38.9 Å². The zero-order valence-electron chi connectivity index (χ0n) is 26.8. The van der Waals surface area contributed by atoms with E-state index in [0.717, 1.165) is 77.1 Å². The molecule has 1 aromatic carbocycles. The standard InChI is InChI=1S/C28H29N3O4S3.C5H8N2O/c1-6-35-15-21-13-20(8-9-22(21)23-12-18(4)37-28(23)38(32,33)34)14-31-24-11-16(2)29-19(5)26(24)27(30-31)25-10-7-17(3)36-25;1-3-4(2)8-7-5(3)6/h7-13H,6,14-15H2,1-5H3,(H,32,33,34);1-2H3,(H2,6,7). The fourth-order valence-corrected chi connectivity index (χ4v) is 8.07. The Kier molecular flexibility index (Phi) is 9.80. The van der Waals surface area contributed by atoms with Crippen LogP contribution in [0.15, 0.2) is 51.2 Å². The quantitative estimate of drug-likeness (QED) is 0.154. The van der Waals surface area contributed by atoms with Crippen LogP contribution in [0.5, 0.6) is 0 Å². The summed E-state index contributed by atoms with van der Waals surface area (Å²) in [5, 5.41) is 9.61. The second-order valence-electron chi connectivity index (χ2n) is 11.1. The van der Waals surface area contributed by atoms with Crippen LogP contribution in [-0.2, 0) is 28.0 Å². The Bertz CT molecular complexity index is 2120. The lowest BCUT2D eigenvalue weighted by molar-refractivity contribution is 0.134. The van der Waals surface area contributed by atoms with Crippen LogP contribution in [0.4, 0.5) is 5.82 Å². The first-order valence-corrected chi connectivity index (χ1v) is 17.7. The van der Waals surface area contributed by atoms with E-state index in [2.05, 4.69) is 30.3 Å². The van der Waals surface area contributed by atoms with Crippen molar-refractivity contribution in [1.29, 1.82) is 0 Å². The fraction of sp³-hybridized carbons (Fsp3) is 0.303. The Labute approximate surface area is 276 Å². The third-order valence-electron chi connectivity index (χ3n) is 7.52. The molecule has 0 radical (unpaired) electrons. The highest BCUT2D eigenvalue weighted by Gasteiger charge is 2.23. The predicted octanol–water partition coefficient (Wildman–Crippen LogP) is 7.83. The van der Waals surface area contributed by atoms with Gasteiger partial charge in [0.1, 0.15) is 11.5 Å². The van der Waals surface area contributed by atoms with Crippen molar-refractivity contribution in [1.82, 2.24) is 19.9 Å². The molecule has 5 heterocycles. The number of nitrogens with zero attached hydrogens (tertiary/aromatic N) is 4. The van der Waals surface area contributed by atoms with E-state index in [4.69, 9.17) is 25.1 Å². The molecule has 0 saturated heterocycles. The van der Waals surface area contributed by atoms with Gasteiger partial charge in [-0.1, -0.05) is 23.4 Å². The van der Waals surface area contributed by atoms with Crippen LogP contribution in [0, 0.1) is 41.5 Å². The highest BCUT2D eigenvalue weighted by molar-refractivity contribution is 7.88. The summed E-state index contributed by atoms with van der Waals surface area (Å²) in [5.74, 6) is 1.28. The number of aryl methyl sites for hydroxylation is 5. The van der Waals surface area contributed by atoms with Gasteiger partial charge in [0.2, 0.25) is 0 Å². The molecule has 242 valence electrons. The van der Waals surface area contributed by atoms with Crippen LogP contribution in [0.3, 0.4) is 0 Å². The molecule has 0 saturated carbocycles. The largest absolute Gasteiger partial charge is 0.381 e. The topological polar surface area (TPSA) is 146 Å². The number of thiophene rings is 2. The molecule has 0 aliphatic heterocycles. The third-order valence-corrected chi connectivity index (χ3v) is 10.9. The van der Waals surface area contributed by atoms with Crippen molar-refractivity contribution < 1.29 is 22.2 Å². The Morgan fingerprint density at radius 2 is 1.74 bits per heavy atom. The van der Waals surface area contributed by atoms with E-state index in [1.165, 1.54) is 4.88 Å². The molecule has 5 aromatic heterocycles. The van der Waals surface area contributed by atoms with Gasteiger partial charge in [-0.15, -0.1) is 22.7 Å². The lowest BCUT2D eigenvalue weighted by Gasteiger charge is -2.13. The summed E-state index contributed by atoms with van der Waals surface area (Å²) in [7, 11) is -4.35. The molecule has 13 heteroatoms. The van der Waals surface area contributed by atoms with Crippen molar-refractivity contribution in [3.05, 3.63) is 86.1 Å².